The largest absolute Gasteiger partial charge is 0.246 e. The Bertz CT molecular complexity index is 317. The molecule has 1 nitrogen and oxygen atoms in total. The summed E-state index contributed by atoms with van der Waals surface area (Å²) in [7, 11) is 0. The highest BCUT2D eigenvalue weighted by molar-refractivity contribution is 9.10. The van der Waals surface area contributed by atoms with Gasteiger partial charge in [0.25, 0.3) is 0 Å². The van der Waals surface area contributed by atoms with Crippen LogP contribution in [0.1, 0.15) is 11.1 Å². The minimum Gasteiger partial charge on any atom is -0.246 e. The van der Waals surface area contributed by atoms with Gasteiger partial charge in [0.2, 0.25) is 0 Å². The van der Waals surface area contributed by atoms with Crippen molar-refractivity contribution in [3.05, 3.63) is 33.8 Å². The van der Waals surface area contributed by atoms with E-state index in [4.69, 9.17) is 5.26 Å². The summed E-state index contributed by atoms with van der Waals surface area (Å²) in [5.74, 6) is 0. The molecule has 0 saturated carbocycles. The Hall–Kier alpha value is -0.880. The third-order valence-corrected chi connectivity index (χ3v) is 2.28. The average Bonchev–Trinajstić information content (AvgIpc) is 2.05. The number of nitriles is 1. The van der Waals surface area contributed by atoms with E-state index in [1.807, 2.05) is 6.07 Å². The van der Waals surface area contributed by atoms with Crippen LogP contribution >= 0.6 is 15.9 Å². The first-order chi connectivity index (χ1) is 5.77. The van der Waals surface area contributed by atoms with E-state index in [2.05, 4.69) is 15.9 Å². The van der Waals surface area contributed by atoms with Crippen LogP contribution in [-0.2, 0) is 13.1 Å². The Labute approximate surface area is 79.0 Å². The third-order valence-electron chi connectivity index (χ3n) is 1.54. The van der Waals surface area contributed by atoms with E-state index in [-0.39, 0.29) is 0 Å². The summed E-state index contributed by atoms with van der Waals surface area (Å²) in [5, 5.41) is 8.40. The molecule has 1 rings (SSSR count). The Morgan fingerprint density at radius 1 is 1.50 bits per heavy atom. The Morgan fingerprint density at radius 2 is 2.25 bits per heavy atom. The van der Waals surface area contributed by atoms with Gasteiger partial charge in [-0.1, -0.05) is 28.1 Å². The fourth-order valence-electron chi connectivity index (χ4n) is 0.900. The van der Waals surface area contributed by atoms with Crippen LogP contribution in [0.2, 0.25) is 0 Å². The fraction of sp³-hybridized carbons (Fsp3) is 0.222. The van der Waals surface area contributed by atoms with Gasteiger partial charge in [-0.3, -0.25) is 0 Å². The first-order valence-electron chi connectivity index (χ1n) is 3.48. The van der Waals surface area contributed by atoms with Crippen molar-refractivity contribution in [3.8, 4) is 6.07 Å². The lowest BCUT2D eigenvalue weighted by atomic mass is 10.1. The minimum atomic E-state index is -0.479. The van der Waals surface area contributed by atoms with Crippen LogP contribution in [0.3, 0.4) is 0 Å². The second-order valence-electron chi connectivity index (χ2n) is 2.39. The van der Waals surface area contributed by atoms with E-state index >= 15 is 0 Å². The zero-order valence-corrected chi connectivity index (χ0v) is 7.94. The fourth-order valence-corrected chi connectivity index (χ4v) is 1.43. The van der Waals surface area contributed by atoms with Gasteiger partial charge >= 0.3 is 0 Å². The maximum Gasteiger partial charge on any atom is 0.116 e. The zero-order chi connectivity index (χ0) is 8.97. The lowest BCUT2D eigenvalue weighted by Crippen LogP contribution is -1.85. The maximum absolute atomic E-state index is 12.2. The normalized spacial score (nSPS) is 9.42. The summed E-state index contributed by atoms with van der Waals surface area (Å²) < 4.78 is 12.9. The van der Waals surface area contributed by atoms with Crippen LogP contribution in [0.5, 0.6) is 0 Å². The summed E-state index contributed by atoms with van der Waals surface area (Å²) in [4.78, 5) is 0. The number of alkyl halides is 1. The Kier molecular flexibility index (Phi) is 3.24. The van der Waals surface area contributed by atoms with Gasteiger partial charge < -0.3 is 0 Å². The van der Waals surface area contributed by atoms with Crippen molar-refractivity contribution < 1.29 is 4.39 Å². The van der Waals surface area contributed by atoms with Crippen LogP contribution in [0.4, 0.5) is 4.39 Å². The number of hydrogen-bond donors (Lipinski definition) is 0. The number of hydrogen-bond acceptors (Lipinski definition) is 1. The van der Waals surface area contributed by atoms with Crippen molar-refractivity contribution in [2.75, 3.05) is 0 Å². The zero-order valence-electron chi connectivity index (χ0n) is 6.35. The second kappa shape index (κ2) is 4.22. The SMILES string of the molecule is N#CCc1ccc(CF)c(Br)c1. The molecule has 0 fully saturated rings. The molecule has 0 spiro atoms. The highest BCUT2D eigenvalue weighted by Gasteiger charge is 1.99. The summed E-state index contributed by atoms with van der Waals surface area (Å²) in [6.07, 6.45) is 0.366. The molecule has 0 aliphatic rings. The topological polar surface area (TPSA) is 23.8 Å². The van der Waals surface area contributed by atoms with Gasteiger partial charge in [0.15, 0.2) is 0 Å². The lowest BCUT2D eigenvalue weighted by Gasteiger charge is -2.00. The van der Waals surface area contributed by atoms with E-state index in [0.717, 1.165) is 10.0 Å². The average molecular weight is 228 g/mol. The first-order valence-corrected chi connectivity index (χ1v) is 4.27. The molecule has 12 heavy (non-hydrogen) atoms. The molecule has 0 aliphatic carbocycles. The summed E-state index contributed by atoms with van der Waals surface area (Å²) in [5.41, 5.74) is 1.53. The van der Waals surface area contributed by atoms with Crippen LogP contribution in [-0.4, -0.2) is 0 Å². The summed E-state index contributed by atoms with van der Waals surface area (Å²) in [6.45, 7) is -0.479. The van der Waals surface area contributed by atoms with Gasteiger partial charge in [0.05, 0.1) is 12.5 Å². The first kappa shape index (κ1) is 9.21. The van der Waals surface area contributed by atoms with Crippen LogP contribution in [0, 0.1) is 11.3 Å². The van der Waals surface area contributed by atoms with Gasteiger partial charge in [-0.25, -0.2) is 4.39 Å². The Morgan fingerprint density at radius 3 is 2.75 bits per heavy atom. The maximum atomic E-state index is 12.2. The van der Waals surface area contributed by atoms with Crippen LogP contribution < -0.4 is 0 Å². The molecule has 0 saturated heterocycles. The van der Waals surface area contributed by atoms with Crippen molar-refractivity contribution in [2.24, 2.45) is 0 Å². The van der Waals surface area contributed by atoms with E-state index in [0.29, 0.717) is 12.0 Å². The van der Waals surface area contributed by atoms with Crippen LogP contribution in [0.25, 0.3) is 0 Å². The van der Waals surface area contributed by atoms with Crippen molar-refractivity contribution in [3.63, 3.8) is 0 Å². The highest BCUT2D eigenvalue weighted by Crippen LogP contribution is 2.19. The molecule has 62 valence electrons. The van der Waals surface area contributed by atoms with E-state index in [1.165, 1.54) is 0 Å². The molecule has 0 atom stereocenters. The molecule has 1 aromatic carbocycles. The molecular formula is C9H7BrFN. The monoisotopic (exact) mass is 227 g/mol. The molecule has 3 heteroatoms. The molecule has 0 N–H and O–H groups in total. The predicted molar refractivity (Wildman–Crippen MR) is 48.3 cm³/mol. The lowest BCUT2D eigenvalue weighted by molar-refractivity contribution is 0.484. The third kappa shape index (κ3) is 2.05. The predicted octanol–water partition coefficient (Wildman–Crippen LogP) is 2.98. The van der Waals surface area contributed by atoms with Crippen molar-refractivity contribution >= 4 is 15.9 Å². The number of rotatable bonds is 2. The molecule has 0 bridgehead atoms. The van der Waals surface area contributed by atoms with E-state index in [1.54, 1.807) is 18.2 Å². The molecule has 0 aliphatic heterocycles. The summed E-state index contributed by atoms with van der Waals surface area (Å²) in [6, 6.07) is 7.27. The van der Waals surface area contributed by atoms with Gasteiger partial charge in [-0.15, -0.1) is 0 Å². The van der Waals surface area contributed by atoms with Gasteiger partial charge in [0.1, 0.15) is 6.67 Å². The molecule has 0 heterocycles. The highest BCUT2D eigenvalue weighted by atomic mass is 79.9. The molecule has 0 unspecified atom stereocenters. The molecular weight excluding hydrogens is 221 g/mol. The smallest absolute Gasteiger partial charge is 0.116 e. The Balaban J connectivity index is 2.95. The standard InChI is InChI=1S/C9H7BrFN/c10-9-5-7(3-4-12)1-2-8(9)6-11/h1-2,5H,3,6H2. The number of halogens is 2. The second-order valence-corrected chi connectivity index (χ2v) is 3.25. The summed E-state index contributed by atoms with van der Waals surface area (Å²) >= 11 is 3.23. The van der Waals surface area contributed by atoms with Gasteiger partial charge in [-0.2, -0.15) is 5.26 Å². The molecule has 0 aromatic heterocycles. The van der Waals surface area contributed by atoms with Gasteiger partial charge in [-0.05, 0) is 17.2 Å². The van der Waals surface area contributed by atoms with Crippen LogP contribution in [0.15, 0.2) is 22.7 Å². The van der Waals surface area contributed by atoms with E-state index in [9.17, 15) is 4.39 Å². The molecule has 1 aromatic rings. The number of nitrogens with zero attached hydrogens (tertiary/aromatic N) is 1. The molecule has 0 radical (unpaired) electrons. The van der Waals surface area contributed by atoms with Gasteiger partial charge in [0, 0.05) is 4.47 Å². The van der Waals surface area contributed by atoms with Crippen molar-refractivity contribution in [2.45, 2.75) is 13.1 Å². The van der Waals surface area contributed by atoms with Crippen molar-refractivity contribution in [1.29, 1.82) is 5.26 Å². The van der Waals surface area contributed by atoms with Crippen molar-refractivity contribution in [1.82, 2.24) is 0 Å². The molecule has 0 amide bonds. The minimum absolute atomic E-state index is 0.366. The quantitative estimate of drug-likeness (QED) is 0.763. The number of benzene rings is 1. The van der Waals surface area contributed by atoms with E-state index < -0.39 is 6.67 Å².